The monoisotopic (exact) mass is 538 g/mol. The van der Waals surface area contributed by atoms with Crippen molar-refractivity contribution >= 4 is 73.4 Å². The summed E-state index contributed by atoms with van der Waals surface area (Å²) < 4.78 is 32.2. The zero-order valence-electron chi connectivity index (χ0n) is 19.0. The molecule has 3 aromatic rings. The summed E-state index contributed by atoms with van der Waals surface area (Å²) in [5.74, 6) is -2.02. The van der Waals surface area contributed by atoms with Gasteiger partial charge in [0.25, 0.3) is 0 Å². The minimum absolute atomic E-state index is 0.0150. The number of benzene rings is 2. The van der Waals surface area contributed by atoms with Gasteiger partial charge in [0.1, 0.15) is 5.69 Å². The van der Waals surface area contributed by atoms with Gasteiger partial charge >= 0.3 is 11.9 Å². The first kappa shape index (κ1) is 26.6. The summed E-state index contributed by atoms with van der Waals surface area (Å²) in [6.07, 6.45) is 2.52. The molecule has 0 fully saturated rings. The summed E-state index contributed by atoms with van der Waals surface area (Å²) in [7, 11) is -3.59. The molecule has 0 amide bonds. The Labute approximate surface area is 212 Å². The molecule has 186 valence electrons. The number of unbranched alkanes of at least 4 members (excludes halogenated alkanes) is 1. The van der Waals surface area contributed by atoms with Gasteiger partial charge in [-0.25, -0.2) is 18.0 Å². The van der Waals surface area contributed by atoms with E-state index in [1.807, 2.05) is 6.92 Å². The first-order chi connectivity index (χ1) is 16.6. The molecule has 0 saturated heterocycles. The van der Waals surface area contributed by atoms with Gasteiger partial charge in [-0.3, -0.25) is 4.72 Å². The van der Waals surface area contributed by atoms with Crippen molar-refractivity contribution in [2.24, 2.45) is 0 Å². The topological polar surface area (TPSA) is 126 Å². The highest BCUT2D eigenvalue weighted by molar-refractivity contribution is 7.92. The minimum atomic E-state index is -3.59. The average molecular weight is 539 g/mol. The third-order valence-electron chi connectivity index (χ3n) is 5.07. The number of esters is 1. The largest absolute Gasteiger partial charge is 0.478 e. The van der Waals surface area contributed by atoms with Gasteiger partial charge in [-0.05, 0) is 49.2 Å². The lowest BCUT2D eigenvalue weighted by Gasteiger charge is -2.10. The maximum atomic E-state index is 12.6. The SMILES string of the molecule is CCCCS(=O)(=O)Nc1cccc(C(=Cc2c(C(=O)OCC)[nH]c3cc(Cl)cc(Cl)c23)C(=O)O)c1. The molecular weight excluding hydrogens is 515 g/mol. The van der Waals surface area contributed by atoms with Crippen LogP contribution in [-0.2, 0) is 19.6 Å². The Morgan fingerprint density at radius 3 is 2.57 bits per heavy atom. The van der Waals surface area contributed by atoms with Gasteiger partial charge in [0.05, 0.1) is 23.0 Å². The number of aromatic nitrogens is 1. The number of carbonyl (C=O) groups excluding carboxylic acids is 1. The molecule has 2 aromatic carbocycles. The van der Waals surface area contributed by atoms with Crippen LogP contribution >= 0.6 is 23.2 Å². The van der Waals surface area contributed by atoms with E-state index in [1.54, 1.807) is 13.0 Å². The number of hydrogen-bond donors (Lipinski definition) is 3. The van der Waals surface area contributed by atoms with Gasteiger partial charge in [-0.1, -0.05) is 48.7 Å². The van der Waals surface area contributed by atoms with Crippen LogP contribution in [0.5, 0.6) is 0 Å². The molecule has 3 N–H and O–H groups in total. The zero-order chi connectivity index (χ0) is 25.8. The van der Waals surface area contributed by atoms with Crippen molar-refractivity contribution in [3.05, 3.63) is 63.3 Å². The standard InChI is InChI=1S/C24H24Cl2N2O6S/c1-3-5-9-35(32,33)28-16-8-6-7-14(10-16)17(23(29)30)13-18-21-19(26)11-15(25)12-20(21)27-22(18)24(31)34-4-2/h6-8,10-13,27-28H,3-5,9H2,1-2H3,(H,29,30). The summed E-state index contributed by atoms with van der Waals surface area (Å²) in [5, 5.41) is 10.9. The molecule has 35 heavy (non-hydrogen) atoms. The maximum Gasteiger partial charge on any atom is 0.355 e. The van der Waals surface area contributed by atoms with Crippen LogP contribution in [0.15, 0.2) is 36.4 Å². The third-order valence-corrected chi connectivity index (χ3v) is 6.95. The lowest BCUT2D eigenvalue weighted by atomic mass is 10.0. The first-order valence-corrected chi connectivity index (χ1v) is 13.2. The molecule has 0 unspecified atom stereocenters. The van der Waals surface area contributed by atoms with Crippen LogP contribution in [0.4, 0.5) is 5.69 Å². The average Bonchev–Trinajstić information content (AvgIpc) is 3.14. The molecule has 0 aliphatic rings. The number of anilines is 1. The highest BCUT2D eigenvalue weighted by Gasteiger charge is 2.22. The molecule has 0 bridgehead atoms. The Morgan fingerprint density at radius 1 is 1.17 bits per heavy atom. The van der Waals surface area contributed by atoms with Crippen LogP contribution in [0, 0.1) is 0 Å². The molecule has 0 aliphatic heterocycles. The number of carboxylic acid groups (broad SMARTS) is 1. The van der Waals surface area contributed by atoms with E-state index in [9.17, 15) is 23.1 Å². The Hall–Kier alpha value is -3.01. The number of aliphatic carboxylic acids is 1. The van der Waals surface area contributed by atoms with Crippen molar-refractivity contribution < 1.29 is 27.9 Å². The number of sulfonamides is 1. The molecule has 11 heteroatoms. The summed E-state index contributed by atoms with van der Waals surface area (Å²) in [6.45, 7) is 3.64. The summed E-state index contributed by atoms with van der Waals surface area (Å²) in [4.78, 5) is 27.8. The van der Waals surface area contributed by atoms with Gasteiger partial charge in [-0.2, -0.15) is 0 Å². The number of halogens is 2. The molecule has 1 aromatic heterocycles. The highest BCUT2D eigenvalue weighted by atomic mass is 35.5. The lowest BCUT2D eigenvalue weighted by molar-refractivity contribution is -0.130. The number of nitrogens with one attached hydrogen (secondary N) is 2. The normalized spacial score (nSPS) is 12.1. The van der Waals surface area contributed by atoms with Gasteiger partial charge in [0.2, 0.25) is 10.0 Å². The van der Waals surface area contributed by atoms with E-state index in [-0.39, 0.29) is 45.5 Å². The molecule has 0 aliphatic carbocycles. The van der Waals surface area contributed by atoms with E-state index in [4.69, 9.17) is 27.9 Å². The molecule has 1 heterocycles. The summed E-state index contributed by atoms with van der Waals surface area (Å²) in [6, 6.07) is 9.06. The number of aromatic amines is 1. The number of carbonyl (C=O) groups is 2. The zero-order valence-corrected chi connectivity index (χ0v) is 21.4. The number of ether oxygens (including phenoxy) is 1. The van der Waals surface area contributed by atoms with E-state index in [1.165, 1.54) is 36.4 Å². The molecule has 0 radical (unpaired) electrons. The van der Waals surface area contributed by atoms with Crippen LogP contribution in [0.1, 0.15) is 48.3 Å². The minimum Gasteiger partial charge on any atom is -0.478 e. The highest BCUT2D eigenvalue weighted by Crippen LogP contribution is 2.35. The van der Waals surface area contributed by atoms with E-state index < -0.39 is 22.0 Å². The van der Waals surface area contributed by atoms with E-state index in [0.29, 0.717) is 28.8 Å². The molecule has 3 rings (SSSR count). The molecule has 0 saturated carbocycles. The number of fused-ring (bicyclic) bond motifs is 1. The van der Waals surface area contributed by atoms with Crippen LogP contribution in [0.2, 0.25) is 10.0 Å². The van der Waals surface area contributed by atoms with Crippen LogP contribution in [0.25, 0.3) is 22.6 Å². The predicted octanol–water partition coefficient (Wildman–Crippen LogP) is 5.82. The Balaban J connectivity index is 2.16. The predicted molar refractivity (Wildman–Crippen MR) is 139 cm³/mol. The molecule has 0 atom stereocenters. The quantitative estimate of drug-likeness (QED) is 0.220. The molecule has 0 spiro atoms. The lowest BCUT2D eigenvalue weighted by Crippen LogP contribution is -2.16. The van der Waals surface area contributed by atoms with Crippen LogP contribution in [-0.4, -0.2) is 42.8 Å². The number of carboxylic acids is 1. The van der Waals surface area contributed by atoms with Gasteiger partial charge in [0, 0.05) is 27.2 Å². The number of rotatable bonds is 10. The third kappa shape index (κ3) is 6.36. The second-order valence-electron chi connectivity index (χ2n) is 7.66. The van der Waals surface area contributed by atoms with Gasteiger partial charge < -0.3 is 14.8 Å². The van der Waals surface area contributed by atoms with Crippen LogP contribution in [0.3, 0.4) is 0 Å². The fourth-order valence-corrected chi connectivity index (χ4v) is 5.36. The van der Waals surface area contributed by atoms with Crippen molar-refractivity contribution in [1.82, 2.24) is 4.98 Å². The van der Waals surface area contributed by atoms with Crippen molar-refractivity contribution in [2.75, 3.05) is 17.1 Å². The number of hydrogen-bond acceptors (Lipinski definition) is 5. The van der Waals surface area contributed by atoms with Gasteiger partial charge in [-0.15, -0.1) is 0 Å². The summed E-state index contributed by atoms with van der Waals surface area (Å²) in [5.41, 5.74) is 0.922. The van der Waals surface area contributed by atoms with Crippen molar-refractivity contribution in [1.29, 1.82) is 0 Å². The Bertz CT molecular complexity index is 1410. The molecule has 8 nitrogen and oxygen atoms in total. The first-order valence-electron chi connectivity index (χ1n) is 10.8. The number of H-pyrrole nitrogens is 1. The fourth-order valence-electron chi connectivity index (χ4n) is 3.51. The van der Waals surface area contributed by atoms with Crippen molar-refractivity contribution in [3.8, 4) is 0 Å². The summed E-state index contributed by atoms with van der Waals surface area (Å²) >= 11 is 12.5. The fraction of sp³-hybridized carbons (Fsp3) is 0.250. The van der Waals surface area contributed by atoms with Crippen LogP contribution < -0.4 is 4.72 Å². The second kappa shape index (κ2) is 11.2. The Morgan fingerprint density at radius 2 is 1.91 bits per heavy atom. The van der Waals surface area contributed by atoms with E-state index in [0.717, 1.165) is 0 Å². The van der Waals surface area contributed by atoms with E-state index in [2.05, 4.69) is 9.71 Å². The van der Waals surface area contributed by atoms with Gasteiger partial charge in [0.15, 0.2) is 0 Å². The van der Waals surface area contributed by atoms with E-state index >= 15 is 0 Å². The Kier molecular flexibility index (Phi) is 8.47. The molecular formula is C24H24Cl2N2O6S. The maximum absolute atomic E-state index is 12.6. The second-order valence-corrected chi connectivity index (χ2v) is 10.3. The van der Waals surface area contributed by atoms with Crippen molar-refractivity contribution in [3.63, 3.8) is 0 Å². The van der Waals surface area contributed by atoms with Crippen molar-refractivity contribution in [2.45, 2.75) is 26.7 Å². The smallest absolute Gasteiger partial charge is 0.355 e.